The van der Waals surface area contributed by atoms with Crippen LogP contribution in [0.25, 0.3) is 6.08 Å². The second kappa shape index (κ2) is 10.7. The van der Waals surface area contributed by atoms with Gasteiger partial charge in [0.2, 0.25) is 15.9 Å². The number of rotatable bonds is 8. The van der Waals surface area contributed by atoms with Gasteiger partial charge in [-0.1, -0.05) is 18.2 Å². The van der Waals surface area contributed by atoms with Crippen molar-refractivity contribution >= 4 is 45.0 Å². The van der Waals surface area contributed by atoms with Gasteiger partial charge in [-0.3, -0.25) is 10.1 Å². The minimum absolute atomic E-state index is 0.0474. The summed E-state index contributed by atoms with van der Waals surface area (Å²) < 4.78 is 31.4. The number of thiocarbonyl (C=S) groups is 1. The Balaban J connectivity index is 1.93. The number of sulfonamides is 1. The van der Waals surface area contributed by atoms with Crippen LogP contribution in [0, 0.1) is 0 Å². The molecule has 0 fully saturated rings. The number of nitrogens with one attached hydrogen (secondary N) is 3. The fraction of sp³-hybridized carbons (Fsp3) is 0.158. The molecule has 0 heterocycles. The van der Waals surface area contributed by atoms with Crippen molar-refractivity contribution in [3.05, 3.63) is 60.2 Å². The zero-order valence-corrected chi connectivity index (χ0v) is 17.2. The predicted octanol–water partition coefficient (Wildman–Crippen LogP) is 1.49. The van der Waals surface area contributed by atoms with Crippen LogP contribution in [0.5, 0.6) is 5.75 Å². The molecule has 0 aliphatic heterocycles. The molecule has 0 aromatic heterocycles. The van der Waals surface area contributed by atoms with E-state index in [1.54, 1.807) is 19.3 Å². The highest BCUT2D eigenvalue weighted by atomic mass is 32.2. The first kappa shape index (κ1) is 22.5. The number of amides is 1. The Labute approximate surface area is 174 Å². The summed E-state index contributed by atoms with van der Waals surface area (Å²) in [5, 5.41) is 14.1. The van der Waals surface area contributed by atoms with E-state index in [4.69, 9.17) is 22.1 Å². The van der Waals surface area contributed by atoms with E-state index >= 15 is 0 Å². The molecule has 154 valence electrons. The molecule has 0 aliphatic rings. The van der Waals surface area contributed by atoms with Crippen molar-refractivity contribution in [3.8, 4) is 5.75 Å². The second-order valence-electron chi connectivity index (χ2n) is 5.66. The van der Waals surface area contributed by atoms with E-state index in [1.807, 2.05) is 18.2 Å². The number of anilines is 1. The summed E-state index contributed by atoms with van der Waals surface area (Å²) in [5.74, 6) is 0.210. The number of hydrogen-bond acceptors (Lipinski definition) is 6. The summed E-state index contributed by atoms with van der Waals surface area (Å²) in [4.78, 5) is 12.1. The maximum absolute atomic E-state index is 12.0. The average molecular weight is 436 g/mol. The van der Waals surface area contributed by atoms with Crippen LogP contribution in [0.4, 0.5) is 5.69 Å². The molecule has 2 aromatic rings. The number of aliphatic hydroxyl groups is 1. The maximum Gasteiger partial charge on any atom is 0.250 e. The van der Waals surface area contributed by atoms with E-state index in [9.17, 15) is 13.2 Å². The van der Waals surface area contributed by atoms with Gasteiger partial charge in [0, 0.05) is 23.9 Å². The summed E-state index contributed by atoms with van der Waals surface area (Å²) in [7, 11) is -2.14. The van der Waals surface area contributed by atoms with E-state index < -0.39 is 15.9 Å². The third kappa shape index (κ3) is 6.95. The van der Waals surface area contributed by atoms with Gasteiger partial charge in [0.25, 0.3) is 0 Å². The van der Waals surface area contributed by atoms with Gasteiger partial charge in [-0.2, -0.15) is 0 Å². The molecule has 1 amide bonds. The Bertz CT molecular complexity index is 989. The summed E-state index contributed by atoms with van der Waals surface area (Å²) in [6.07, 6.45) is 2.93. The van der Waals surface area contributed by atoms with Crippen molar-refractivity contribution < 1.29 is 23.1 Å². The molecule has 0 spiro atoms. The van der Waals surface area contributed by atoms with E-state index in [-0.39, 0.29) is 23.2 Å². The number of aliphatic hydroxyl groups excluding tert-OH is 1. The van der Waals surface area contributed by atoms with Crippen molar-refractivity contribution in [2.75, 3.05) is 25.6 Å². The number of methoxy groups -OCH3 is 1. The Morgan fingerprint density at radius 2 is 1.86 bits per heavy atom. The molecule has 0 radical (unpaired) electrons. The zero-order chi connectivity index (χ0) is 21.3. The van der Waals surface area contributed by atoms with Crippen LogP contribution < -0.4 is 20.1 Å². The van der Waals surface area contributed by atoms with Crippen LogP contribution in [0.3, 0.4) is 0 Å². The van der Waals surface area contributed by atoms with Gasteiger partial charge in [-0.25, -0.2) is 13.1 Å². The van der Waals surface area contributed by atoms with Crippen LogP contribution in [-0.2, 0) is 14.8 Å². The monoisotopic (exact) mass is 435 g/mol. The smallest absolute Gasteiger partial charge is 0.250 e. The highest BCUT2D eigenvalue weighted by molar-refractivity contribution is 7.89. The standard InChI is InChI=1S/C19H21N3O5S2/c1-27-17-5-3-2-4-14(17)6-11-18(24)22-19(28)21-15-7-9-16(10-8-15)29(25,26)20-12-13-23/h2-11,20,23H,12-13H2,1H3,(H2,21,22,24,28)/b11-6+. The molecule has 0 bridgehead atoms. The van der Waals surface area contributed by atoms with Gasteiger partial charge in [0.05, 0.1) is 18.6 Å². The van der Waals surface area contributed by atoms with Crippen molar-refractivity contribution in [2.24, 2.45) is 0 Å². The first-order valence-corrected chi connectivity index (χ1v) is 10.4. The quantitative estimate of drug-likeness (QED) is 0.367. The lowest BCUT2D eigenvalue weighted by atomic mass is 10.2. The minimum Gasteiger partial charge on any atom is -0.496 e. The highest BCUT2D eigenvalue weighted by Gasteiger charge is 2.13. The van der Waals surface area contributed by atoms with Gasteiger partial charge >= 0.3 is 0 Å². The van der Waals surface area contributed by atoms with Crippen molar-refractivity contribution in [1.29, 1.82) is 0 Å². The van der Waals surface area contributed by atoms with E-state index in [1.165, 1.54) is 30.3 Å². The average Bonchev–Trinajstić information content (AvgIpc) is 2.71. The van der Waals surface area contributed by atoms with Crippen LogP contribution in [-0.4, -0.2) is 44.8 Å². The number of para-hydroxylation sites is 1. The summed E-state index contributed by atoms with van der Waals surface area (Å²) in [5.41, 5.74) is 1.25. The molecule has 8 nitrogen and oxygen atoms in total. The first-order valence-electron chi connectivity index (χ1n) is 8.49. The van der Waals surface area contributed by atoms with Crippen molar-refractivity contribution in [1.82, 2.24) is 10.0 Å². The van der Waals surface area contributed by atoms with Crippen LogP contribution in [0.15, 0.2) is 59.5 Å². The minimum atomic E-state index is -3.69. The van der Waals surface area contributed by atoms with E-state index in [2.05, 4.69) is 15.4 Å². The molecule has 10 heteroatoms. The predicted molar refractivity (Wildman–Crippen MR) is 115 cm³/mol. The van der Waals surface area contributed by atoms with Crippen molar-refractivity contribution in [3.63, 3.8) is 0 Å². The fourth-order valence-electron chi connectivity index (χ4n) is 2.27. The molecule has 0 saturated heterocycles. The second-order valence-corrected chi connectivity index (χ2v) is 7.84. The number of hydrogen-bond donors (Lipinski definition) is 4. The Morgan fingerprint density at radius 1 is 1.17 bits per heavy atom. The molecule has 0 saturated carbocycles. The SMILES string of the molecule is COc1ccccc1/C=C/C(=O)NC(=S)Nc1ccc(S(=O)(=O)NCCO)cc1. The fourth-order valence-corrected chi connectivity index (χ4v) is 3.51. The Morgan fingerprint density at radius 3 is 2.52 bits per heavy atom. The Hall–Kier alpha value is -2.79. The summed E-state index contributed by atoms with van der Waals surface area (Å²) in [6.45, 7) is -0.362. The van der Waals surface area contributed by atoms with Gasteiger partial charge < -0.3 is 15.2 Å². The molecular weight excluding hydrogens is 414 g/mol. The number of ether oxygens (including phenoxy) is 1. The van der Waals surface area contributed by atoms with Gasteiger partial charge in [-0.05, 0) is 48.6 Å². The molecule has 0 atom stereocenters. The molecule has 0 unspecified atom stereocenters. The van der Waals surface area contributed by atoms with Crippen LogP contribution >= 0.6 is 12.2 Å². The molecule has 4 N–H and O–H groups in total. The lowest BCUT2D eigenvalue weighted by Gasteiger charge is -2.10. The largest absolute Gasteiger partial charge is 0.496 e. The normalized spacial score (nSPS) is 11.2. The highest BCUT2D eigenvalue weighted by Crippen LogP contribution is 2.18. The zero-order valence-electron chi connectivity index (χ0n) is 15.6. The molecular formula is C19H21N3O5S2. The van der Waals surface area contributed by atoms with Crippen molar-refractivity contribution in [2.45, 2.75) is 4.90 Å². The van der Waals surface area contributed by atoms with Crippen LogP contribution in [0.1, 0.15) is 5.56 Å². The maximum atomic E-state index is 12.0. The molecule has 2 rings (SSSR count). The van der Waals surface area contributed by atoms with Gasteiger partial charge in [-0.15, -0.1) is 0 Å². The Kier molecular flexibility index (Phi) is 8.28. The first-order chi connectivity index (χ1) is 13.9. The van der Waals surface area contributed by atoms with Gasteiger partial charge in [0.15, 0.2) is 5.11 Å². The topological polar surface area (TPSA) is 117 Å². The van der Waals surface area contributed by atoms with E-state index in [0.29, 0.717) is 11.4 Å². The lowest BCUT2D eigenvalue weighted by molar-refractivity contribution is -0.115. The summed E-state index contributed by atoms with van der Waals surface area (Å²) >= 11 is 5.10. The molecule has 2 aromatic carbocycles. The number of carbonyl (C=O) groups is 1. The number of benzene rings is 2. The van der Waals surface area contributed by atoms with Gasteiger partial charge in [0.1, 0.15) is 5.75 Å². The van der Waals surface area contributed by atoms with E-state index in [0.717, 1.165) is 5.56 Å². The van der Waals surface area contributed by atoms with Crippen LogP contribution in [0.2, 0.25) is 0 Å². The third-order valence-electron chi connectivity index (χ3n) is 3.62. The molecule has 0 aliphatic carbocycles. The third-order valence-corrected chi connectivity index (χ3v) is 5.30. The number of carbonyl (C=O) groups excluding carboxylic acids is 1. The molecule has 29 heavy (non-hydrogen) atoms. The lowest BCUT2D eigenvalue weighted by Crippen LogP contribution is -2.32. The summed E-state index contributed by atoms with van der Waals surface area (Å²) in [6, 6.07) is 13.0.